The summed E-state index contributed by atoms with van der Waals surface area (Å²) in [5.74, 6) is 2.35. The first-order valence-electron chi connectivity index (χ1n) is 12.3. The molecule has 5 rings (SSSR count). The van der Waals surface area contributed by atoms with Gasteiger partial charge in [-0.3, -0.25) is 0 Å². The lowest BCUT2D eigenvalue weighted by atomic mass is 10.1. The van der Waals surface area contributed by atoms with Gasteiger partial charge in [-0.25, -0.2) is 9.79 Å². The first-order chi connectivity index (χ1) is 18.7. The molecule has 0 aliphatic carbocycles. The van der Waals surface area contributed by atoms with Crippen molar-refractivity contribution in [2.75, 3.05) is 39.2 Å². The second kappa shape index (κ2) is 10.4. The molecule has 2 aliphatic heterocycles. The Hall–Kier alpha value is -4.41. The summed E-state index contributed by atoms with van der Waals surface area (Å²) in [6, 6.07) is 15.0. The Balaban J connectivity index is 1.43. The van der Waals surface area contributed by atoms with Crippen LogP contribution < -0.4 is 19.5 Å². The van der Waals surface area contributed by atoms with Crippen LogP contribution in [0.4, 0.5) is 29.3 Å². The fraction of sp³-hybridized carbons (Fsp3) is 0.286. The number of ether oxygens (including phenoxy) is 3. The number of amides is 2. The van der Waals surface area contributed by atoms with Gasteiger partial charge in [0.25, 0.3) is 0 Å². The van der Waals surface area contributed by atoms with Gasteiger partial charge in [0.2, 0.25) is 0 Å². The molecule has 1 N–H and O–H groups in total. The molecule has 1 atom stereocenters. The molecule has 0 saturated carbocycles. The summed E-state index contributed by atoms with van der Waals surface area (Å²) >= 11 is 0. The number of halogens is 3. The molecule has 8 nitrogen and oxygen atoms in total. The maximum Gasteiger partial charge on any atom is 0.416 e. The summed E-state index contributed by atoms with van der Waals surface area (Å²) in [4.78, 5) is 21.4. The molecule has 0 aromatic heterocycles. The van der Waals surface area contributed by atoms with Gasteiger partial charge in [-0.05, 0) is 67.6 Å². The van der Waals surface area contributed by atoms with E-state index in [1.165, 1.54) is 13.2 Å². The number of alkyl halides is 3. The fourth-order valence-electron chi connectivity index (χ4n) is 4.62. The Morgan fingerprint density at radius 2 is 1.67 bits per heavy atom. The number of carbonyl (C=O) groups excluding carboxylic acids is 1. The van der Waals surface area contributed by atoms with Crippen LogP contribution in [0.2, 0.25) is 0 Å². The molecule has 2 amide bonds. The molecule has 0 spiro atoms. The highest BCUT2D eigenvalue weighted by Crippen LogP contribution is 2.42. The molecule has 2 heterocycles. The maximum absolute atomic E-state index is 13.5. The molecule has 11 heteroatoms. The number of carbonyl (C=O) groups is 1. The first kappa shape index (κ1) is 26.2. The second-order valence-corrected chi connectivity index (χ2v) is 9.23. The average molecular weight is 541 g/mol. The summed E-state index contributed by atoms with van der Waals surface area (Å²) in [5, 5.41) is 2.90. The van der Waals surface area contributed by atoms with Crippen LogP contribution in [0, 0.1) is 0 Å². The van der Waals surface area contributed by atoms with E-state index in [-0.39, 0.29) is 23.5 Å². The van der Waals surface area contributed by atoms with Crippen molar-refractivity contribution in [1.82, 2.24) is 9.80 Å². The highest BCUT2D eigenvalue weighted by atomic mass is 19.4. The van der Waals surface area contributed by atoms with Crippen molar-refractivity contribution < 1.29 is 32.2 Å². The quantitative estimate of drug-likeness (QED) is 0.432. The van der Waals surface area contributed by atoms with Crippen LogP contribution in [-0.4, -0.2) is 61.6 Å². The van der Waals surface area contributed by atoms with Crippen LogP contribution in [0.3, 0.4) is 0 Å². The molecule has 2 aliphatic rings. The van der Waals surface area contributed by atoms with Crippen molar-refractivity contribution in [1.29, 1.82) is 0 Å². The number of methoxy groups -OCH3 is 2. The van der Waals surface area contributed by atoms with Gasteiger partial charge >= 0.3 is 12.2 Å². The normalized spacial score (nSPS) is 16.8. The largest absolute Gasteiger partial charge is 0.497 e. The maximum atomic E-state index is 13.5. The summed E-state index contributed by atoms with van der Waals surface area (Å²) in [7, 11) is 3.10. The van der Waals surface area contributed by atoms with Gasteiger partial charge in [0.1, 0.15) is 28.8 Å². The Bertz CT molecular complexity index is 1410. The number of urea groups is 1. The molecule has 0 radical (unpaired) electrons. The number of rotatable bonds is 3. The molecule has 3 aromatic carbocycles. The van der Waals surface area contributed by atoms with Crippen LogP contribution in [0.15, 0.2) is 65.7 Å². The lowest BCUT2D eigenvalue weighted by molar-refractivity contribution is -0.137. The molecule has 39 heavy (non-hydrogen) atoms. The number of aliphatic imine (C=N–C) groups is 1. The van der Waals surface area contributed by atoms with E-state index < -0.39 is 11.7 Å². The van der Waals surface area contributed by atoms with E-state index in [0.717, 1.165) is 12.1 Å². The topological polar surface area (TPSA) is 75.6 Å². The van der Waals surface area contributed by atoms with Crippen molar-refractivity contribution >= 4 is 23.2 Å². The lowest BCUT2D eigenvalue weighted by Gasteiger charge is -2.41. The summed E-state index contributed by atoms with van der Waals surface area (Å²) in [5.41, 5.74) is 0.480. The van der Waals surface area contributed by atoms with Crippen LogP contribution >= 0.6 is 0 Å². The van der Waals surface area contributed by atoms with E-state index in [9.17, 15) is 18.0 Å². The first-order valence-corrected chi connectivity index (χ1v) is 12.3. The SMILES string of the molecule is COc1ccc(NC(=O)N2CCN(C3=Nc4cc(C(F)(F)F)ccc4Oc4ccc(OC)cc43)CC2C)cc1. The van der Waals surface area contributed by atoms with Crippen molar-refractivity contribution in [3.8, 4) is 23.0 Å². The predicted octanol–water partition coefficient (Wildman–Crippen LogP) is 6.14. The average Bonchev–Trinajstić information content (AvgIpc) is 3.08. The Labute approximate surface area is 223 Å². The molecular weight excluding hydrogens is 513 g/mol. The number of fused-ring (bicyclic) bond motifs is 2. The van der Waals surface area contributed by atoms with E-state index in [0.29, 0.717) is 54.0 Å². The standard InChI is InChI=1S/C28H27F3N4O4/c1-17-16-34(12-13-35(17)27(36)32-19-5-7-20(37-2)8-6-19)26-22-15-21(38-3)9-11-24(22)39-25-10-4-18(28(29,30)31)14-23(25)33-26/h4-11,14-15,17H,12-13,16H2,1-3H3,(H,32,36). The molecule has 1 unspecified atom stereocenters. The minimum absolute atomic E-state index is 0.0716. The Kier molecular flexibility index (Phi) is 6.98. The van der Waals surface area contributed by atoms with E-state index in [1.54, 1.807) is 54.5 Å². The van der Waals surface area contributed by atoms with Gasteiger partial charge in [-0.1, -0.05) is 0 Å². The summed E-state index contributed by atoms with van der Waals surface area (Å²) in [6.45, 7) is 3.09. The summed E-state index contributed by atoms with van der Waals surface area (Å²) in [6.07, 6.45) is -4.52. The van der Waals surface area contributed by atoms with E-state index in [2.05, 4.69) is 10.3 Å². The number of nitrogens with zero attached hydrogens (tertiary/aromatic N) is 3. The summed E-state index contributed by atoms with van der Waals surface area (Å²) < 4.78 is 57.0. The van der Waals surface area contributed by atoms with Crippen molar-refractivity contribution in [3.05, 3.63) is 71.8 Å². The number of amidine groups is 1. The van der Waals surface area contributed by atoms with E-state index in [1.807, 2.05) is 11.8 Å². The Morgan fingerprint density at radius 3 is 2.33 bits per heavy atom. The zero-order valence-corrected chi connectivity index (χ0v) is 21.6. The number of hydrogen-bond acceptors (Lipinski definition) is 6. The smallest absolute Gasteiger partial charge is 0.416 e. The number of benzene rings is 3. The monoisotopic (exact) mass is 540 g/mol. The van der Waals surface area contributed by atoms with Crippen LogP contribution in [0.25, 0.3) is 0 Å². The van der Waals surface area contributed by atoms with Gasteiger partial charge in [-0.2, -0.15) is 13.2 Å². The van der Waals surface area contributed by atoms with Crippen molar-refractivity contribution in [2.45, 2.75) is 19.1 Å². The van der Waals surface area contributed by atoms with Crippen molar-refractivity contribution in [2.24, 2.45) is 4.99 Å². The third kappa shape index (κ3) is 5.43. The molecule has 1 fully saturated rings. The van der Waals surface area contributed by atoms with Crippen LogP contribution in [0.5, 0.6) is 23.0 Å². The van der Waals surface area contributed by atoms with Gasteiger partial charge in [-0.15, -0.1) is 0 Å². The van der Waals surface area contributed by atoms with Crippen LogP contribution in [-0.2, 0) is 6.18 Å². The van der Waals surface area contributed by atoms with Gasteiger partial charge < -0.3 is 29.3 Å². The van der Waals surface area contributed by atoms with Crippen molar-refractivity contribution in [3.63, 3.8) is 0 Å². The Morgan fingerprint density at radius 1 is 0.974 bits per heavy atom. The fourth-order valence-corrected chi connectivity index (χ4v) is 4.62. The van der Waals surface area contributed by atoms with E-state index in [4.69, 9.17) is 14.2 Å². The lowest BCUT2D eigenvalue weighted by Crippen LogP contribution is -2.56. The highest BCUT2D eigenvalue weighted by molar-refractivity contribution is 6.04. The van der Waals surface area contributed by atoms with Crippen LogP contribution in [0.1, 0.15) is 18.1 Å². The van der Waals surface area contributed by atoms with E-state index >= 15 is 0 Å². The molecule has 3 aromatic rings. The minimum Gasteiger partial charge on any atom is -0.497 e. The molecule has 1 saturated heterocycles. The second-order valence-electron chi connectivity index (χ2n) is 9.23. The van der Waals surface area contributed by atoms with Gasteiger partial charge in [0.05, 0.1) is 25.3 Å². The third-order valence-corrected chi connectivity index (χ3v) is 6.69. The number of nitrogens with one attached hydrogen (secondary N) is 1. The molecule has 204 valence electrons. The predicted molar refractivity (Wildman–Crippen MR) is 140 cm³/mol. The minimum atomic E-state index is -4.52. The highest BCUT2D eigenvalue weighted by Gasteiger charge is 2.34. The zero-order valence-electron chi connectivity index (χ0n) is 21.6. The number of hydrogen-bond donors (Lipinski definition) is 1. The number of piperazine rings is 1. The van der Waals surface area contributed by atoms with Gasteiger partial charge in [0, 0.05) is 31.4 Å². The third-order valence-electron chi connectivity index (χ3n) is 6.69. The number of anilines is 1. The zero-order chi connectivity index (χ0) is 27.7. The molecule has 0 bridgehead atoms. The van der Waals surface area contributed by atoms with Gasteiger partial charge in [0.15, 0.2) is 5.75 Å². The molecular formula is C28H27F3N4O4.